The van der Waals surface area contributed by atoms with Crippen LogP contribution >= 0.6 is 23.4 Å². The highest BCUT2D eigenvalue weighted by molar-refractivity contribution is 8.01. The summed E-state index contributed by atoms with van der Waals surface area (Å²) in [4.78, 5) is 13.1. The molecule has 116 valence electrons. The number of carboxylic acids is 1. The van der Waals surface area contributed by atoms with E-state index in [1.54, 1.807) is 35.7 Å². The van der Waals surface area contributed by atoms with Crippen LogP contribution in [0.4, 0.5) is 5.69 Å². The molecule has 0 spiro atoms. The summed E-state index contributed by atoms with van der Waals surface area (Å²) in [5.41, 5.74) is 0.444. The minimum atomic E-state index is -3.29. The molecule has 0 amide bonds. The average Bonchev–Trinajstić information content (AvgIpc) is 2.47. The summed E-state index contributed by atoms with van der Waals surface area (Å²) in [6.45, 7) is 2.10. The van der Waals surface area contributed by atoms with E-state index in [1.165, 1.54) is 6.07 Å². The second-order valence-corrected chi connectivity index (χ2v) is 8.67. The molecule has 1 unspecified atom stereocenters. The molecule has 1 heterocycles. The van der Waals surface area contributed by atoms with Crippen molar-refractivity contribution in [1.82, 2.24) is 0 Å². The maximum absolute atomic E-state index is 12.3. The van der Waals surface area contributed by atoms with Gasteiger partial charge in [0.25, 0.3) is 0 Å². The first-order chi connectivity index (χ1) is 9.86. The predicted molar refractivity (Wildman–Crippen MR) is 86.3 cm³/mol. The smallest absolute Gasteiger partial charge is 0.337 e. The van der Waals surface area contributed by atoms with Gasteiger partial charge in [-0.15, -0.1) is 0 Å². The van der Waals surface area contributed by atoms with Gasteiger partial charge in [-0.1, -0.05) is 18.5 Å². The average molecular weight is 350 g/mol. The molecule has 0 aromatic heterocycles. The third-order valence-corrected chi connectivity index (χ3v) is 6.92. The molecule has 1 aliphatic heterocycles. The summed E-state index contributed by atoms with van der Waals surface area (Å²) in [7, 11) is -3.29. The lowest BCUT2D eigenvalue weighted by Gasteiger charge is -2.37. The fraction of sp³-hybridized carbons (Fsp3) is 0.462. The van der Waals surface area contributed by atoms with Gasteiger partial charge in [-0.25, -0.2) is 13.2 Å². The molecule has 0 radical (unpaired) electrons. The van der Waals surface area contributed by atoms with Crippen molar-refractivity contribution in [2.75, 3.05) is 28.7 Å². The van der Waals surface area contributed by atoms with Crippen LogP contribution in [0.25, 0.3) is 0 Å². The van der Waals surface area contributed by atoms with Crippen LogP contribution in [0.3, 0.4) is 0 Å². The Labute approximate surface area is 133 Å². The molecule has 1 aliphatic rings. The number of carboxylic acid groups (broad SMARTS) is 1. The highest BCUT2D eigenvalue weighted by Crippen LogP contribution is 2.31. The first-order valence-corrected chi connectivity index (χ1v) is 9.70. The van der Waals surface area contributed by atoms with Crippen molar-refractivity contribution in [3.05, 3.63) is 28.8 Å². The summed E-state index contributed by atoms with van der Waals surface area (Å²) in [5.74, 6) is 0.123. The number of anilines is 1. The Balaban J connectivity index is 2.50. The van der Waals surface area contributed by atoms with Gasteiger partial charge in [-0.2, -0.15) is 11.8 Å². The highest BCUT2D eigenvalue weighted by Gasteiger charge is 2.34. The van der Waals surface area contributed by atoms with Gasteiger partial charge in [-0.05, 0) is 18.2 Å². The zero-order valence-electron chi connectivity index (χ0n) is 11.5. The molecule has 0 aliphatic carbocycles. The van der Waals surface area contributed by atoms with Crippen molar-refractivity contribution in [1.29, 1.82) is 0 Å². The van der Waals surface area contributed by atoms with Crippen LogP contribution in [-0.4, -0.2) is 48.7 Å². The second-order valence-electron chi connectivity index (χ2n) is 4.64. The Morgan fingerprint density at radius 2 is 2.24 bits per heavy atom. The number of rotatable bonds is 4. The zero-order valence-corrected chi connectivity index (χ0v) is 13.8. The van der Waals surface area contributed by atoms with Crippen molar-refractivity contribution >= 4 is 44.9 Å². The van der Waals surface area contributed by atoms with Gasteiger partial charge in [0, 0.05) is 28.8 Å². The summed E-state index contributed by atoms with van der Waals surface area (Å²) in [5, 5.41) is 8.95. The Hall–Kier alpha value is -0.920. The fourth-order valence-corrected chi connectivity index (χ4v) is 5.43. The molecular formula is C13H16ClNO4S2. The number of carbonyl (C=O) groups is 1. The Bertz CT molecular complexity index is 648. The normalized spacial score (nSPS) is 19.5. The maximum atomic E-state index is 12.3. The Morgan fingerprint density at radius 3 is 2.86 bits per heavy atom. The monoisotopic (exact) mass is 349 g/mol. The van der Waals surface area contributed by atoms with Crippen molar-refractivity contribution in [3.63, 3.8) is 0 Å². The topological polar surface area (TPSA) is 74.7 Å². The third-order valence-electron chi connectivity index (χ3n) is 3.40. The molecule has 2 rings (SSSR count). The standard InChI is InChI=1S/C13H16ClNO4S2/c1-2-21(18,19)12-8-20-6-5-15(12)11-4-3-9(14)7-10(11)13(16)17/h3-4,7,12H,2,5-6,8H2,1H3,(H,16,17). The van der Waals surface area contributed by atoms with E-state index in [0.717, 1.165) is 5.75 Å². The summed E-state index contributed by atoms with van der Waals surface area (Å²) < 4.78 is 24.5. The molecule has 1 aromatic rings. The van der Waals surface area contributed by atoms with E-state index >= 15 is 0 Å². The van der Waals surface area contributed by atoms with E-state index < -0.39 is 21.2 Å². The van der Waals surface area contributed by atoms with Gasteiger partial charge in [0.1, 0.15) is 5.37 Å². The van der Waals surface area contributed by atoms with Crippen LogP contribution in [0, 0.1) is 0 Å². The lowest BCUT2D eigenvalue weighted by atomic mass is 10.1. The third kappa shape index (κ3) is 3.46. The fourth-order valence-electron chi connectivity index (χ4n) is 2.28. The maximum Gasteiger partial charge on any atom is 0.337 e. The number of hydrogen-bond acceptors (Lipinski definition) is 5. The molecule has 0 saturated carbocycles. The quantitative estimate of drug-likeness (QED) is 0.899. The van der Waals surface area contributed by atoms with E-state index in [2.05, 4.69) is 0 Å². The second kappa shape index (κ2) is 6.46. The number of sulfone groups is 1. The van der Waals surface area contributed by atoms with Gasteiger partial charge in [0.2, 0.25) is 0 Å². The SMILES string of the molecule is CCS(=O)(=O)C1CSCCN1c1ccc(Cl)cc1C(=O)O. The first kappa shape index (κ1) is 16.5. The Morgan fingerprint density at radius 1 is 1.52 bits per heavy atom. The van der Waals surface area contributed by atoms with E-state index in [-0.39, 0.29) is 11.3 Å². The molecule has 1 fully saturated rings. The van der Waals surface area contributed by atoms with Gasteiger partial charge in [-0.3, -0.25) is 0 Å². The van der Waals surface area contributed by atoms with Crippen molar-refractivity contribution < 1.29 is 18.3 Å². The van der Waals surface area contributed by atoms with Crippen LogP contribution in [-0.2, 0) is 9.84 Å². The Kier molecular flexibility index (Phi) is 5.06. The molecule has 1 aromatic carbocycles. The predicted octanol–water partition coefficient (Wildman–Crippen LogP) is 2.35. The zero-order chi connectivity index (χ0) is 15.6. The number of thioether (sulfide) groups is 1. The van der Waals surface area contributed by atoms with Gasteiger partial charge in [0.05, 0.1) is 11.3 Å². The molecule has 1 atom stereocenters. The molecule has 8 heteroatoms. The van der Waals surface area contributed by atoms with Crippen LogP contribution in [0.2, 0.25) is 5.02 Å². The molecule has 21 heavy (non-hydrogen) atoms. The molecule has 5 nitrogen and oxygen atoms in total. The molecule has 1 N–H and O–H groups in total. The first-order valence-electron chi connectivity index (χ1n) is 6.45. The van der Waals surface area contributed by atoms with Crippen LogP contribution in [0.5, 0.6) is 0 Å². The summed E-state index contributed by atoms with van der Waals surface area (Å²) in [6, 6.07) is 4.53. The molecule has 0 bridgehead atoms. The number of nitrogens with zero attached hydrogens (tertiary/aromatic N) is 1. The van der Waals surface area contributed by atoms with E-state index in [9.17, 15) is 18.3 Å². The van der Waals surface area contributed by atoms with Crippen LogP contribution in [0.1, 0.15) is 17.3 Å². The van der Waals surface area contributed by atoms with Gasteiger partial charge < -0.3 is 10.0 Å². The van der Waals surface area contributed by atoms with E-state index in [4.69, 9.17) is 11.6 Å². The lowest BCUT2D eigenvalue weighted by molar-refractivity contribution is 0.0697. The van der Waals surface area contributed by atoms with E-state index in [1.807, 2.05) is 0 Å². The van der Waals surface area contributed by atoms with Crippen molar-refractivity contribution in [2.45, 2.75) is 12.3 Å². The van der Waals surface area contributed by atoms with Crippen LogP contribution < -0.4 is 4.90 Å². The summed E-state index contributed by atoms with van der Waals surface area (Å²) >= 11 is 7.42. The largest absolute Gasteiger partial charge is 0.478 e. The minimum absolute atomic E-state index is 0.0325. The van der Waals surface area contributed by atoms with Crippen molar-refractivity contribution in [2.24, 2.45) is 0 Å². The number of halogens is 1. The molecular weight excluding hydrogens is 334 g/mol. The highest BCUT2D eigenvalue weighted by atomic mass is 35.5. The number of benzene rings is 1. The molecule has 1 saturated heterocycles. The van der Waals surface area contributed by atoms with Crippen molar-refractivity contribution in [3.8, 4) is 0 Å². The lowest BCUT2D eigenvalue weighted by Crippen LogP contribution is -2.48. The minimum Gasteiger partial charge on any atom is -0.478 e. The van der Waals surface area contributed by atoms with E-state index in [0.29, 0.717) is 23.0 Å². The van der Waals surface area contributed by atoms with Gasteiger partial charge >= 0.3 is 5.97 Å². The van der Waals surface area contributed by atoms with Crippen LogP contribution in [0.15, 0.2) is 18.2 Å². The summed E-state index contributed by atoms with van der Waals surface area (Å²) in [6.07, 6.45) is 0. The number of aromatic carboxylic acids is 1. The number of hydrogen-bond donors (Lipinski definition) is 1. The van der Waals surface area contributed by atoms with Gasteiger partial charge in [0.15, 0.2) is 9.84 Å².